The first-order valence-electron chi connectivity index (χ1n) is 16.9. The molecule has 0 atom stereocenters. The predicted octanol–water partition coefficient (Wildman–Crippen LogP) is 12.0. The summed E-state index contributed by atoms with van der Waals surface area (Å²) < 4.78 is 49.3. The maximum Gasteiger partial charge on any atom is 0.136 e. The van der Waals surface area contributed by atoms with Gasteiger partial charge in [-0.05, 0) is 90.0 Å². The Morgan fingerprint density at radius 2 is 1.09 bits per heavy atom. The van der Waals surface area contributed by atoms with Crippen molar-refractivity contribution in [2.45, 2.75) is 0 Å². The predicted molar refractivity (Wildman–Crippen MR) is 183 cm³/mol. The standard InChI is InChI=1S/C42H26O/c1-3-12-27(13-4-1)29-22-23-30-25-37-39(26-31(30)24-29)43-38-21-11-20-36(42(37)38)41-34-18-9-7-16-32(34)40(28-14-5-2-6-15-28)33-17-8-10-19-35(33)41/h1-26H/i2D,5D,6D,14D,15D. The number of hydrogen-bond donors (Lipinski definition) is 0. The van der Waals surface area contributed by atoms with Crippen LogP contribution in [0.25, 0.3) is 87.6 Å². The zero-order valence-corrected chi connectivity index (χ0v) is 23.0. The van der Waals surface area contributed by atoms with Gasteiger partial charge in [0.25, 0.3) is 0 Å². The Morgan fingerprint density at radius 3 is 1.81 bits per heavy atom. The highest BCUT2D eigenvalue weighted by molar-refractivity contribution is 6.26. The molecular weight excluding hydrogens is 520 g/mol. The van der Waals surface area contributed by atoms with Crippen LogP contribution in [-0.4, -0.2) is 0 Å². The molecule has 0 radical (unpaired) electrons. The van der Waals surface area contributed by atoms with Gasteiger partial charge < -0.3 is 4.42 Å². The highest BCUT2D eigenvalue weighted by atomic mass is 16.3. The van der Waals surface area contributed by atoms with Gasteiger partial charge in [0.2, 0.25) is 0 Å². The number of rotatable bonds is 3. The summed E-state index contributed by atoms with van der Waals surface area (Å²) in [6.45, 7) is 0. The molecule has 0 fully saturated rings. The van der Waals surface area contributed by atoms with E-state index in [1.165, 1.54) is 0 Å². The molecule has 0 N–H and O–H groups in total. The normalized spacial score (nSPS) is 13.3. The third-order valence-electron chi connectivity index (χ3n) is 8.51. The lowest BCUT2D eigenvalue weighted by Gasteiger charge is -2.18. The van der Waals surface area contributed by atoms with Crippen molar-refractivity contribution in [2.24, 2.45) is 0 Å². The van der Waals surface area contributed by atoms with Crippen LogP contribution in [0.2, 0.25) is 0 Å². The highest BCUT2D eigenvalue weighted by Gasteiger charge is 2.20. The molecule has 1 aromatic heterocycles. The van der Waals surface area contributed by atoms with Crippen molar-refractivity contribution in [1.82, 2.24) is 0 Å². The van der Waals surface area contributed by atoms with Crippen LogP contribution in [0.3, 0.4) is 0 Å². The van der Waals surface area contributed by atoms with Gasteiger partial charge in [-0.15, -0.1) is 0 Å². The van der Waals surface area contributed by atoms with Crippen molar-refractivity contribution >= 4 is 54.3 Å². The molecule has 0 amide bonds. The fourth-order valence-electron chi connectivity index (χ4n) is 6.65. The molecule has 43 heavy (non-hydrogen) atoms. The van der Waals surface area contributed by atoms with Gasteiger partial charge >= 0.3 is 0 Å². The molecule has 0 aliphatic heterocycles. The van der Waals surface area contributed by atoms with Crippen LogP contribution in [0.4, 0.5) is 0 Å². The van der Waals surface area contributed by atoms with E-state index in [9.17, 15) is 0 Å². The Hall–Kier alpha value is -5.66. The molecule has 1 heterocycles. The van der Waals surface area contributed by atoms with E-state index in [1.807, 2.05) is 66.7 Å². The smallest absolute Gasteiger partial charge is 0.136 e. The van der Waals surface area contributed by atoms with Gasteiger partial charge in [-0.2, -0.15) is 0 Å². The third kappa shape index (κ3) is 3.72. The SMILES string of the molecule is [2H]c1c([2H])c([2H])c(-c2c3ccccc3c(-c3cccc4oc5cc6cc(-c7ccccc7)ccc6cc5c34)c3ccccc23)c([2H])c1[2H]. The quantitative estimate of drug-likeness (QED) is 0.199. The molecule has 200 valence electrons. The molecule has 0 aliphatic carbocycles. The average Bonchev–Trinajstić information content (AvgIpc) is 3.49. The lowest BCUT2D eigenvalue weighted by molar-refractivity contribution is 0.669. The largest absolute Gasteiger partial charge is 0.456 e. The minimum Gasteiger partial charge on any atom is -0.456 e. The summed E-state index contributed by atoms with van der Waals surface area (Å²) >= 11 is 0. The van der Waals surface area contributed by atoms with Crippen LogP contribution in [0.5, 0.6) is 0 Å². The van der Waals surface area contributed by atoms with E-state index in [-0.39, 0.29) is 29.7 Å². The lowest BCUT2D eigenvalue weighted by atomic mass is 9.85. The second-order valence-electron chi connectivity index (χ2n) is 10.9. The monoisotopic (exact) mass is 551 g/mol. The topological polar surface area (TPSA) is 13.1 Å². The molecule has 1 heteroatoms. The van der Waals surface area contributed by atoms with Gasteiger partial charge in [0.05, 0.1) is 6.85 Å². The Morgan fingerprint density at radius 1 is 0.419 bits per heavy atom. The summed E-state index contributed by atoms with van der Waals surface area (Å²) in [5.41, 5.74) is 6.74. The molecular formula is C42H26O. The van der Waals surface area contributed by atoms with Crippen LogP contribution in [0.15, 0.2) is 162 Å². The van der Waals surface area contributed by atoms with Crippen molar-refractivity contribution in [1.29, 1.82) is 0 Å². The van der Waals surface area contributed by atoms with E-state index >= 15 is 0 Å². The third-order valence-corrected chi connectivity index (χ3v) is 8.51. The lowest BCUT2D eigenvalue weighted by Crippen LogP contribution is -1.91. The summed E-state index contributed by atoms with van der Waals surface area (Å²) in [5, 5.41) is 7.72. The Kier molecular flexibility index (Phi) is 4.27. The number of fused-ring (bicyclic) bond motifs is 6. The first kappa shape index (κ1) is 19.5. The van der Waals surface area contributed by atoms with E-state index in [4.69, 9.17) is 11.3 Å². The Bertz CT molecular complexity index is 2700. The molecule has 8 aromatic carbocycles. The molecule has 0 bridgehead atoms. The molecule has 0 saturated carbocycles. The second-order valence-corrected chi connectivity index (χ2v) is 10.9. The summed E-state index contributed by atoms with van der Waals surface area (Å²) in [5.74, 6) is 0. The molecule has 9 aromatic rings. The zero-order valence-electron chi connectivity index (χ0n) is 28.0. The van der Waals surface area contributed by atoms with Gasteiger partial charge in [-0.25, -0.2) is 0 Å². The van der Waals surface area contributed by atoms with Crippen LogP contribution in [-0.2, 0) is 0 Å². The number of benzene rings is 8. The number of hydrogen-bond acceptors (Lipinski definition) is 1. The molecule has 0 spiro atoms. The van der Waals surface area contributed by atoms with Crippen molar-refractivity contribution in [3.8, 4) is 33.4 Å². The first-order valence-corrected chi connectivity index (χ1v) is 14.4. The van der Waals surface area contributed by atoms with Crippen LogP contribution in [0, 0.1) is 0 Å². The van der Waals surface area contributed by atoms with Gasteiger partial charge in [-0.1, -0.05) is 133 Å². The minimum absolute atomic E-state index is 0.202. The molecule has 0 aliphatic rings. The molecule has 0 unspecified atom stereocenters. The maximum atomic E-state index is 8.86. The van der Waals surface area contributed by atoms with Crippen LogP contribution >= 0.6 is 0 Å². The summed E-state index contributed by atoms with van der Waals surface area (Å²) in [6.07, 6.45) is 0. The molecule has 1 nitrogen and oxygen atoms in total. The fourth-order valence-corrected chi connectivity index (χ4v) is 6.65. The highest BCUT2D eigenvalue weighted by Crippen LogP contribution is 2.47. The fraction of sp³-hybridized carbons (Fsp3) is 0. The molecule has 9 rings (SSSR count). The Balaban J connectivity index is 1.37. The number of furan rings is 1. The van der Waals surface area contributed by atoms with Crippen molar-refractivity contribution in [3.05, 3.63) is 158 Å². The average molecular weight is 552 g/mol. The Labute approximate surface area is 256 Å². The second kappa shape index (κ2) is 9.44. The van der Waals surface area contributed by atoms with Crippen LogP contribution < -0.4 is 0 Å². The zero-order chi connectivity index (χ0) is 32.7. The molecule has 0 saturated heterocycles. The van der Waals surface area contributed by atoms with Gasteiger partial charge in [0.15, 0.2) is 0 Å². The van der Waals surface area contributed by atoms with Crippen LogP contribution in [0.1, 0.15) is 6.85 Å². The van der Waals surface area contributed by atoms with E-state index in [0.717, 1.165) is 76.5 Å². The first-order chi connectivity index (χ1) is 23.4. The van der Waals surface area contributed by atoms with E-state index in [1.54, 1.807) is 0 Å². The van der Waals surface area contributed by atoms with Gasteiger partial charge in [-0.3, -0.25) is 0 Å². The summed E-state index contributed by atoms with van der Waals surface area (Å²) in [4.78, 5) is 0. The van der Waals surface area contributed by atoms with Crippen molar-refractivity contribution in [2.75, 3.05) is 0 Å². The van der Waals surface area contributed by atoms with Gasteiger partial charge in [0, 0.05) is 10.8 Å². The minimum atomic E-state index is -0.402. The van der Waals surface area contributed by atoms with Crippen molar-refractivity contribution in [3.63, 3.8) is 0 Å². The maximum absolute atomic E-state index is 8.86. The summed E-state index contributed by atoms with van der Waals surface area (Å²) in [6, 6.07) is 41.7. The van der Waals surface area contributed by atoms with E-state index in [0.29, 0.717) is 5.56 Å². The van der Waals surface area contributed by atoms with Gasteiger partial charge in [0.1, 0.15) is 11.2 Å². The van der Waals surface area contributed by atoms with E-state index < -0.39 is 6.04 Å². The van der Waals surface area contributed by atoms with Crippen molar-refractivity contribution < 1.29 is 11.3 Å². The summed E-state index contributed by atoms with van der Waals surface area (Å²) in [7, 11) is 0. The van der Waals surface area contributed by atoms with E-state index in [2.05, 4.69) is 60.7 Å².